The van der Waals surface area contributed by atoms with Gasteiger partial charge in [0.25, 0.3) is 5.91 Å². The molecule has 0 aromatic heterocycles. The summed E-state index contributed by atoms with van der Waals surface area (Å²) in [5.41, 5.74) is 5.73. The minimum atomic E-state index is -3.79. The molecule has 1 atom stereocenters. The molecule has 0 aliphatic heterocycles. The lowest BCUT2D eigenvalue weighted by atomic mass is 9.94. The van der Waals surface area contributed by atoms with Gasteiger partial charge in [0.05, 0.1) is 4.90 Å². The van der Waals surface area contributed by atoms with E-state index in [0.717, 1.165) is 18.4 Å². The molecule has 0 unspecified atom stereocenters. The number of amides is 2. The Kier molecular flexibility index (Phi) is 6.79. The molecule has 0 spiro atoms. The van der Waals surface area contributed by atoms with Gasteiger partial charge in [0.2, 0.25) is 15.9 Å². The highest BCUT2D eigenvalue weighted by atomic mass is 32.2. The highest BCUT2D eigenvalue weighted by molar-refractivity contribution is 7.89. The first-order chi connectivity index (χ1) is 14.0. The fraction of sp³-hybridized carbons (Fsp3) is 0.238. The summed E-state index contributed by atoms with van der Waals surface area (Å²) >= 11 is 0. The number of carbonyl (C=O) groups is 2. The molecule has 2 aromatic carbocycles. The number of allylic oxidation sites excluding steroid dienone is 2. The van der Waals surface area contributed by atoms with Gasteiger partial charge in [-0.2, -0.15) is 0 Å². The van der Waals surface area contributed by atoms with Crippen LogP contribution in [-0.4, -0.2) is 20.2 Å². The number of hydrogen-bond acceptors (Lipinski definition) is 4. The highest BCUT2D eigenvalue weighted by Gasteiger charge is 2.20. The minimum Gasteiger partial charge on any atom is -0.273 e. The van der Waals surface area contributed by atoms with Gasteiger partial charge < -0.3 is 0 Å². The first-order valence-corrected chi connectivity index (χ1v) is 10.8. The van der Waals surface area contributed by atoms with Crippen molar-refractivity contribution in [3.63, 3.8) is 0 Å². The summed E-state index contributed by atoms with van der Waals surface area (Å²) in [7, 11) is -3.79. The SMILES string of the molecule is O=C(NNC(=O)[C@@H]1CC=CCC1)c1cccc(S(=O)(=O)NCc2ccccc2)c1. The predicted octanol–water partition coefficient (Wildman–Crippen LogP) is 2.28. The van der Waals surface area contributed by atoms with Gasteiger partial charge in [0, 0.05) is 18.0 Å². The van der Waals surface area contributed by atoms with Gasteiger partial charge in [-0.05, 0) is 43.0 Å². The van der Waals surface area contributed by atoms with E-state index in [0.29, 0.717) is 6.42 Å². The molecule has 8 heteroatoms. The van der Waals surface area contributed by atoms with E-state index in [9.17, 15) is 18.0 Å². The van der Waals surface area contributed by atoms with Crippen molar-refractivity contribution in [2.24, 2.45) is 5.92 Å². The van der Waals surface area contributed by atoms with Crippen molar-refractivity contribution in [1.82, 2.24) is 15.6 Å². The molecule has 0 radical (unpaired) electrons. The average Bonchev–Trinajstić information content (AvgIpc) is 2.77. The Morgan fingerprint density at radius 1 is 0.966 bits per heavy atom. The molecule has 2 aromatic rings. The molecule has 0 saturated heterocycles. The van der Waals surface area contributed by atoms with Crippen LogP contribution in [0.4, 0.5) is 0 Å². The van der Waals surface area contributed by atoms with E-state index < -0.39 is 15.9 Å². The van der Waals surface area contributed by atoms with E-state index in [1.165, 1.54) is 24.3 Å². The van der Waals surface area contributed by atoms with Crippen LogP contribution < -0.4 is 15.6 Å². The summed E-state index contributed by atoms with van der Waals surface area (Å²) in [6, 6.07) is 14.8. The van der Waals surface area contributed by atoms with Crippen LogP contribution in [0.5, 0.6) is 0 Å². The quantitative estimate of drug-likeness (QED) is 0.499. The van der Waals surface area contributed by atoms with Crippen LogP contribution in [0.3, 0.4) is 0 Å². The highest BCUT2D eigenvalue weighted by Crippen LogP contribution is 2.18. The predicted molar refractivity (Wildman–Crippen MR) is 109 cm³/mol. The molecule has 2 amide bonds. The summed E-state index contributed by atoms with van der Waals surface area (Å²) in [6.07, 6.45) is 6.19. The van der Waals surface area contributed by atoms with E-state index in [1.54, 1.807) is 0 Å². The van der Waals surface area contributed by atoms with Gasteiger partial charge in [0.15, 0.2) is 0 Å². The summed E-state index contributed by atoms with van der Waals surface area (Å²) in [4.78, 5) is 24.4. The fourth-order valence-electron chi connectivity index (χ4n) is 2.99. The van der Waals surface area contributed by atoms with Gasteiger partial charge in [-0.15, -0.1) is 0 Å². The smallest absolute Gasteiger partial charge is 0.269 e. The Morgan fingerprint density at radius 3 is 2.48 bits per heavy atom. The van der Waals surface area contributed by atoms with Crippen molar-refractivity contribution in [2.45, 2.75) is 30.7 Å². The zero-order chi connectivity index (χ0) is 20.7. The molecular weight excluding hydrogens is 390 g/mol. The average molecular weight is 413 g/mol. The second kappa shape index (κ2) is 9.49. The van der Waals surface area contributed by atoms with Crippen molar-refractivity contribution in [3.05, 3.63) is 77.9 Å². The zero-order valence-electron chi connectivity index (χ0n) is 15.8. The van der Waals surface area contributed by atoms with Crippen LogP contribution in [0.2, 0.25) is 0 Å². The van der Waals surface area contributed by atoms with E-state index in [2.05, 4.69) is 15.6 Å². The summed E-state index contributed by atoms with van der Waals surface area (Å²) in [5.74, 6) is -1.00. The van der Waals surface area contributed by atoms with E-state index in [1.807, 2.05) is 42.5 Å². The number of sulfonamides is 1. The lowest BCUT2D eigenvalue weighted by Gasteiger charge is -2.17. The molecule has 1 aliphatic carbocycles. The third-order valence-electron chi connectivity index (χ3n) is 4.65. The van der Waals surface area contributed by atoms with Crippen LogP contribution in [0, 0.1) is 5.92 Å². The molecule has 7 nitrogen and oxygen atoms in total. The van der Waals surface area contributed by atoms with Crippen molar-refractivity contribution in [2.75, 3.05) is 0 Å². The number of carbonyl (C=O) groups excluding carboxylic acids is 2. The van der Waals surface area contributed by atoms with Gasteiger partial charge in [-0.1, -0.05) is 48.6 Å². The topological polar surface area (TPSA) is 104 Å². The second-order valence-electron chi connectivity index (χ2n) is 6.76. The lowest BCUT2D eigenvalue weighted by Crippen LogP contribution is -2.44. The van der Waals surface area contributed by atoms with E-state index >= 15 is 0 Å². The lowest BCUT2D eigenvalue weighted by molar-refractivity contribution is -0.126. The normalized spacial score (nSPS) is 16.2. The molecule has 3 rings (SSSR count). The molecule has 0 heterocycles. The number of hydrazine groups is 1. The van der Waals surface area contributed by atoms with Gasteiger partial charge in [-0.25, -0.2) is 13.1 Å². The van der Waals surface area contributed by atoms with Gasteiger partial charge in [-0.3, -0.25) is 20.4 Å². The van der Waals surface area contributed by atoms with Crippen LogP contribution in [0.25, 0.3) is 0 Å². The largest absolute Gasteiger partial charge is 0.273 e. The number of nitrogens with one attached hydrogen (secondary N) is 3. The van der Waals surface area contributed by atoms with Crippen LogP contribution >= 0.6 is 0 Å². The third kappa shape index (κ3) is 5.75. The Morgan fingerprint density at radius 2 is 1.76 bits per heavy atom. The molecule has 0 bridgehead atoms. The summed E-state index contributed by atoms with van der Waals surface area (Å²) in [5, 5.41) is 0. The number of rotatable bonds is 6. The monoisotopic (exact) mass is 413 g/mol. The standard InChI is InChI=1S/C21H23N3O4S/c25-20(17-10-5-2-6-11-17)23-24-21(26)18-12-7-13-19(14-18)29(27,28)22-15-16-8-3-1-4-9-16/h1-5,7-9,12-14,17,22H,6,10-11,15H2,(H,23,25)(H,24,26)/t17-/m1/s1. The molecular formula is C21H23N3O4S. The van der Waals surface area contributed by atoms with Crippen molar-refractivity contribution in [3.8, 4) is 0 Å². The summed E-state index contributed by atoms with van der Waals surface area (Å²) < 4.78 is 27.6. The molecule has 152 valence electrons. The molecule has 29 heavy (non-hydrogen) atoms. The van der Waals surface area contributed by atoms with E-state index in [4.69, 9.17) is 0 Å². The Labute approximate surface area is 170 Å². The maximum absolute atomic E-state index is 12.5. The van der Waals surface area contributed by atoms with Crippen molar-refractivity contribution >= 4 is 21.8 Å². The van der Waals surface area contributed by atoms with Gasteiger partial charge in [0.1, 0.15) is 0 Å². The molecule has 1 aliphatic rings. The first-order valence-electron chi connectivity index (χ1n) is 9.34. The molecule has 0 fully saturated rings. The van der Waals surface area contributed by atoms with Crippen LogP contribution in [-0.2, 0) is 21.4 Å². The fourth-order valence-corrected chi connectivity index (χ4v) is 4.05. The second-order valence-corrected chi connectivity index (χ2v) is 8.53. The zero-order valence-corrected chi connectivity index (χ0v) is 16.6. The maximum atomic E-state index is 12.5. The molecule has 3 N–H and O–H groups in total. The molecule has 0 saturated carbocycles. The minimum absolute atomic E-state index is 0.0233. The maximum Gasteiger partial charge on any atom is 0.269 e. The Balaban J connectivity index is 1.61. The van der Waals surface area contributed by atoms with Crippen LogP contribution in [0.1, 0.15) is 35.2 Å². The Bertz CT molecular complexity index is 1000. The van der Waals surface area contributed by atoms with Gasteiger partial charge >= 0.3 is 0 Å². The van der Waals surface area contributed by atoms with Crippen molar-refractivity contribution in [1.29, 1.82) is 0 Å². The van der Waals surface area contributed by atoms with Crippen molar-refractivity contribution < 1.29 is 18.0 Å². The first kappa shape index (κ1) is 20.8. The van der Waals surface area contributed by atoms with E-state index in [-0.39, 0.29) is 28.8 Å². The number of hydrogen-bond donors (Lipinski definition) is 3. The number of benzene rings is 2. The third-order valence-corrected chi connectivity index (χ3v) is 6.05. The van der Waals surface area contributed by atoms with Crippen LogP contribution in [0.15, 0.2) is 71.6 Å². The summed E-state index contributed by atoms with van der Waals surface area (Å²) in [6.45, 7) is 0.144. The Hall–Kier alpha value is -2.97.